The Labute approximate surface area is 113 Å². The molecule has 2 aromatic rings. The SMILES string of the molecule is NC(=O)CC(O)C(O)c1ccc2[nH]c(C(=O)O)cc2c1. The molecule has 106 valence electrons. The second-order valence-electron chi connectivity index (χ2n) is 4.52. The van der Waals surface area contributed by atoms with Gasteiger partial charge in [0.15, 0.2) is 0 Å². The predicted octanol–water partition coefficient (Wildman–Crippen LogP) is 0.136. The summed E-state index contributed by atoms with van der Waals surface area (Å²) < 4.78 is 0. The lowest BCUT2D eigenvalue weighted by molar-refractivity contribution is -0.121. The van der Waals surface area contributed by atoms with E-state index in [0.29, 0.717) is 16.5 Å². The topological polar surface area (TPSA) is 137 Å². The molecule has 20 heavy (non-hydrogen) atoms. The number of H-pyrrole nitrogens is 1. The minimum atomic E-state index is -1.30. The first-order valence-electron chi connectivity index (χ1n) is 5.89. The van der Waals surface area contributed by atoms with E-state index in [4.69, 9.17) is 10.8 Å². The van der Waals surface area contributed by atoms with Gasteiger partial charge < -0.3 is 26.0 Å². The van der Waals surface area contributed by atoms with Crippen molar-refractivity contribution in [3.63, 3.8) is 0 Å². The molecule has 0 fully saturated rings. The van der Waals surface area contributed by atoms with Crippen LogP contribution in [0.4, 0.5) is 0 Å². The van der Waals surface area contributed by atoms with E-state index in [2.05, 4.69) is 4.98 Å². The fourth-order valence-corrected chi connectivity index (χ4v) is 1.99. The van der Waals surface area contributed by atoms with Gasteiger partial charge in [-0.1, -0.05) is 6.07 Å². The Morgan fingerprint density at radius 3 is 2.55 bits per heavy atom. The van der Waals surface area contributed by atoms with Crippen LogP contribution in [0.15, 0.2) is 24.3 Å². The standard InChI is InChI=1S/C13H14N2O5/c14-11(17)5-10(16)12(18)6-1-2-8-7(3-6)4-9(15-8)13(19)20/h1-4,10,12,15-16,18H,5H2,(H2,14,17)(H,19,20). The van der Waals surface area contributed by atoms with E-state index in [0.717, 1.165) is 0 Å². The maximum absolute atomic E-state index is 10.8. The molecule has 1 aromatic heterocycles. The van der Waals surface area contributed by atoms with E-state index in [1.54, 1.807) is 18.2 Å². The van der Waals surface area contributed by atoms with Gasteiger partial charge in [-0.05, 0) is 23.8 Å². The van der Waals surface area contributed by atoms with Gasteiger partial charge in [0.25, 0.3) is 0 Å². The zero-order chi connectivity index (χ0) is 14.9. The van der Waals surface area contributed by atoms with Gasteiger partial charge in [-0.3, -0.25) is 4.79 Å². The van der Waals surface area contributed by atoms with Crippen molar-refractivity contribution in [2.24, 2.45) is 5.73 Å². The van der Waals surface area contributed by atoms with Crippen LogP contribution in [0.1, 0.15) is 28.6 Å². The third-order valence-electron chi connectivity index (χ3n) is 2.99. The first kappa shape index (κ1) is 14.0. The Balaban J connectivity index is 2.31. The summed E-state index contributed by atoms with van der Waals surface area (Å²) >= 11 is 0. The van der Waals surface area contributed by atoms with Gasteiger partial charge in [-0.25, -0.2) is 4.79 Å². The van der Waals surface area contributed by atoms with Crippen LogP contribution in [0.25, 0.3) is 10.9 Å². The molecule has 0 aliphatic rings. The van der Waals surface area contributed by atoms with Gasteiger partial charge in [-0.15, -0.1) is 0 Å². The van der Waals surface area contributed by atoms with Crippen molar-refractivity contribution in [3.05, 3.63) is 35.5 Å². The number of aromatic carboxylic acids is 1. The minimum absolute atomic E-state index is 0.0318. The Kier molecular flexibility index (Phi) is 3.73. The molecule has 0 aliphatic carbocycles. The quantitative estimate of drug-likeness (QED) is 0.529. The number of fused-ring (bicyclic) bond motifs is 1. The molecule has 0 saturated carbocycles. The van der Waals surface area contributed by atoms with E-state index in [-0.39, 0.29) is 12.1 Å². The van der Waals surface area contributed by atoms with Crippen LogP contribution in [0, 0.1) is 0 Å². The summed E-state index contributed by atoms with van der Waals surface area (Å²) in [4.78, 5) is 24.3. The van der Waals surface area contributed by atoms with Crippen molar-refractivity contribution in [1.29, 1.82) is 0 Å². The van der Waals surface area contributed by atoms with Crippen molar-refractivity contribution in [2.75, 3.05) is 0 Å². The summed E-state index contributed by atoms with van der Waals surface area (Å²) in [6.45, 7) is 0. The number of aromatic amines is 1. The molecule has 2 atom stereocenters. The number of hydrogen-bond acceptors (Lipinski definition) is 4. The van der Waals surface area contributed by atoms with Crippen molar-refractivity contribution < 1.29 is 24.9 Å². The van der Waals surface area contributed by atoms with Crippen molar-refractivity contribution in [2.45, 2.75) is 18.6 Å². The molecule has 0 radical (unpaired) electrons. The smallest absolute Gasteiger partial charge is 0.352 e. The molecule has 0 aliphatic heterocycles. The molecule has 0 spiro atoms. The second kappa shape index (κ2) is 5.32. The lowest BCUT2D eigenvalue weighted by Gasteiger charge is -2.16. The normalized spacial score (nSPS) is 14.1. The van der Waals surface area contributed by atoms with E-state index in [1.165, 1.54) is 6.07 Å². The number of carboxylic acids is 1. The van der Waals surface area contributed by atoms with Crippen molar-refractivity contribution >= 4 is 22.8 Å². The average molecular weight is 278 g/mol. The van der Waals surface area contributed by atoms with Crippen LogP contribution in [0.5, 0.6) is 0 Å². The summed E-state index contributed by atoms with van der Waals surface area (Å²) in [5.41, 5.74) is 5.96. The van der Waals surface area contributed by atoms with E-state index < -0.39 is 24.1 Å². The van der Waals surface area contributed by atoms with Crippen LogP contribution in [0.2, 0.25) is 0 Å². The third kappa shape index (κ3) is 2.79. The summed E-state index contributed by atoms with van der Waals surface area (Å²) in [7, 11) is 0. The number of carbonyl (C=O) groups is 2. The summed E-state index contributed by atoms with van der Waals surface area (Å²) in [6.07, 6.45) is -2.93. The predicted molar refractivity (Wildman–Crippen MR) is 70.0 cm³/mol. The highest BCUT2D eigenvalue weighted by atomic mass is 16.4. The molecule has 6 N–H and O–H groups in total. The molecule has 7 heteroatoms. The number of amides is 1. The summed E-state index contributed by atoms with van der Waals surface area (Å²) in [5.74, 6) is -1.80. The fourth-order valence-electron chi connectivity index (χ4n) is 1.99. The number of rotatable bonds is 5. The number of carbonyl (C=O) groups excluding carboxylic acids is 1. The van der Waals surface area contributed by atoms with Crippen LogP contribution in [-0.2, 0) is 4.79 Å². The molecular weight excluding hydrogens is 264 g/mol. The zero-order valence-electron chi connectivity index (χ0n) is 10.4. The van der Waals surface area contributed by atoms with Gasteiger partial charge in [0.1, 0.15) is 11.8 Å². The Morgan fingerprint density at radius 2 is 1.95 bits per heavy atom. The van der Waals surface area contributed by atoms with Gasteiger partial charge in [0.2, 0.25) is 5.91 Å². The number of benzene rings is 1. The Morgan fingerprint density at radius 1 is 1.25 bits per heavy atom. The summed E-state index contributed by atoms with van der Waals surface area (Å²) in [5, 5.41) is 29.1. The number of aliphatic hydroxyl groups is 2. The summed E-state index contributed by atoms with van der Waals surface area (Å²) in [6, 6.07) is 6.11. The first-order chi connectivity index (χ1) is 9.38. The van der Waals surface area contributed by atoms with Gasteiger partial charge in [0.05, 0.1) is 12.5 Å². The fraction of sp³-hybridized carbons (Fsp3) is 0.231. The number of nitrogens with one attached hydrogen (secondary N) is 1. The number of carboxylic acid groups (broad SMARTS) is 1. The molecule has 1 heterocycles. The number of primary amides is 1. The number of aliphatic hydroxyl groups excluding tert-OH is 2. The van der Waals surface area contributed by atoms with Crippen LogP contribution in [-0.4, -0.2) is 38.3 Å². The first-order valence-corrected chi connectivity index (χ1v) is 5.89. The Bertz CT molecular complexity index is 664. The van der Waals surface area contributed by atoms with Gasteiger partial charge >= 0.3 is 5.97 Å². The molecule has 2 unspecified atom stereocenters. The number of nitrogens with two attached hydrogens (primary N) is 1. The molecule has 2 rings (SSSR count). The number of hydrogen-bond donors (Lipinski definition) is 5. The molecule has 0 bridgehead atoms. The monoisotopic (exact) mass is 278 g/mol. The molecule has 0 saturated heterocycles. The lowest BCUT2D eigenvalue weighted by Crippen LogP contribution is -2.25. The van der Waals surface area contributed by atoms with E-state index in [9.17, 15) is 19.8 Å². The van der Waals surface area contributed by atoms with Gasteiger partial charge in [0, 0.05) is 10.9 Å². The number of aromatic nitrogens is 1. The second-order valence-corrected chi connectivity index (χ2v) is 4.52. The minimum Gasteiger partial charge on any atom is -0.477 e. The zero-order valence-corrected chi connectivity index (χ0v) is 10.4. The highest BCUT2D eigenvalue weighted by molar-refractivity contribution is 5.93. The lowest BCUT2D eigenvalue weighted by atomic mass is 10.0. The van der Waals surface area contributed by atoms with Crippen LogP contribution in [0.3, 0.4) is 0 Å². The van der Waals surface area contributed by atoms with Crippen molar-refractivity contribution in [3.8, 4) is 0 Å². The highest BCUT2D eigenvalue weighted by Crippen LogP contribution is 2.24. The van der Waals surface area contributed by atoms with Crippen LogP contribution >= 0.6 is 0 Å². The van der Waals surface area contributed by atoms with Crippen molar-refractivity contribution in [1.82, 2.24) is 4.98 Å². The largest absolute Gasteiger partial charge is 0.477 e. The van der Waals surface area contributed by atoms with Crippen LogP contribution < -0.4 is 5.73 Å². The molecule has 1 amide bonds. The maximum Gasteiger partial charge on any atom is 0.352 e. The Hall–Kier alpha value is -2.38. The average Bonchev–Trinajstić information content (AvgIpc) is 2.79. The highest BCUT2D eigenvalue weighted by Gasteiger charge is 2.21. The third-order valence-corrected chi connectivity index (χ3v) is 2.99. The molecule has 7 nitrogen and oxygen atoms in total. The van der Waals surface area contributed by atoms with E-state index in [1.807, 2.05) is 0 Å². The maximum atomic E-state index is 10.8. The van der Waals surface area contributed by atoms with E-state index >= 15 is 0 Å². The molecular formula is C13H14N2O5. The molecule has 1 aromatic carbocycles. The van der Waals surface area contributed by atoms with Gasteiger partial charge in [-0.2, -0.15) is 0 Å².